The first-order valence-corrected chi connectivity index (χ1v) is 6.08. The second kappa shape index (κ2) is 5.36. The van der Waals surface area contributed by atoms with E-state index in [2.05, 4.69) is 15.5 Å². The fourth-order valence-corrected chi connectivity index (χ4v) is 1.73. The maximum atomic E-state index is 11.9. The molecule has 0 radical (unpaired) electrons. The van der Waals surface area contributed by atoms with Crippen LogP contribution in [0.5, 0.6) is 0 Å². The van der Waals surface area contributed by atoms with Gasteiger partial charge in [-0.05, 0) is 24.3 Å². The molecule has 1 aromatic heterocycles. The number of hydrogen-bond acceptors (Lipinski definition) is 4. The molecule has 0 fully saturated rings. The molecule has 0 aliphatic heterocycles. The van der Waals surface area contributed by atoms with E-state index in [4.69, 9.17) is 4.42 Å². The molecule has 0 aliphatic rings. The highest BCUT2D eigenvalue weighted by molar-refractivity contribution is 6.03. The van der Waals surface area contributed by atoms with E-state index in [-0.39, 0.29) is 11.9 Å². The molecule has 0 spiro atoms. The van der Waals surface area contributed by atoms with Crippen molar-refractivity contribution in [2.24, 2.45) is 0 Å². The minimum absolute atomic E-state index is 0.0812. The van der Waals surface area contributed by atoms with Crippen molar-refractivity contribution >= 4 is 11.9 Å². The lowest BCUT2D eigenvalue weighted by Gasteiger charge is -1.99. The molecule has 0 saturated heterocycles. The number of carbonyl (C=O) groups excluding carboxylic acids is 1. The molecule has 0 unspecified atom stereocenters. The van der Waals surface area contributed by atoms with Crippen LogP contribution in [0.4, 0.5) is 6.01 Å². The molecule has 1 N–H and O–H groups in total. The number of anilines is 1. The standard InChI is InChI=1S/C15H11N3O2/c19-13(11-7-3-1-4-8-11)16-15-18-17-14(20-15)12-9-5-2-6-10-12/h1-10H,(H,16,18,19). The van der Waals surface area contributed by atoms with Gasteiger partial charge >= 0.3 is 6.01 Å². The van der Waals surface area contributed by atoms with Gasteiger partial charge in [-0.1, -0.05) is 41.5 Å². The first-order valence-electron chi connectivity index (χ1n) is 6.08. The number of aromatic nitrogens is 2. The number of rotatable bonds is 3. The summed E-state index contributed by atoms with van der Waals surface area (Å²) in [5.41, 5.74) is 1.34. The summed E-state index contributed by atoms with van der Waals surface area (Å²) in [6.45, 7) is 0. The van der Waals surface area contributed by atoms with Crippen LogP contribution in [-0.2, 0) is 0 Å². The van der Waals surface area contributed by atoms with Crippen molar-refractivity contribution in [3.05, 3.63) is 66.2 Å². The Morgan fingerprint density at radius 3 is 2.25 bits per heavy atom. The third kappa shape index (κ3) is 2.56. The number of hydrogen-bond donors (Lipinski definition) is 1. The highest BCUT2D eigenvalue weighted by Crippen LogP contribution is 2.19. The van der Waals surface area contributed by atoms with Crippen LogP contribution in [-0.4, -0.2) is 16.1 Å². The minimum Gasteiger partial charge on any atom is -0.403 e. The zero-order chi connectivity index (χ0) is 13.8. The van der Waals surface area contributed by atoms with E-state index in [9.17, 15) is 4.79 Å². The second-order valence-corrected chi connectivity index (χ2v) is 4.10. The van der Waals surface area contributed by atoms with Gasteiger partial charge in [-0.2, -0.15) is 0 Å². The molecule has 0 bridgehead atoms. The lowest BCUT2D eigenvalue weighted by Crippen LogP contribution is -2.11. The van der Waals surface area contributed by atoms with Crippen LogP contribution >= 0.6 is 0 Å². The summed E-state index contributed by atoms with van der Waals surface area (Å²) < 4.78 is 5.41. The molecular weight excluding hydrogens is 254 g/mol. The molecule has 20 heavy (non-hydrogen) atoms. The van der Waals surface area contributed by atoms with Crippen LogP contribution in [0.15, 0.2) is 65.1 Å². The molecule has 2 aromatic carbocycles. The van der Waals surface area contributed by atoms with Crippen molar-refractivity contribution in [3.63, 3.8) is 0 Å². The second-order valence-electron chi connectivity index (χ2n) is 4.10. The Kier molecular flexibility index (Phi) is 3.24. The predicted octanol–water partition coefficient (Wildman–Crippen LogP) is 2.99. The maximum Gasteiger partial charge on any atom is 0.322 e. The quantitative estimate of drug-likeness (QED) is 0.790. The number of nitrogens with one attached hydrogen (secondary N) is 1. The largest absolute Gasteiger partial charge is 0.403 e. The Bertz CT molecular complexity index is 708. The lowest BCUT2D eigenvalue weighted by molar-refractivity contribution is 0.102. The average molecular weight is 265 g/mol. The SMILES string of the molecule is O=C(Nc1nnc(-c2ccccc2)o1)c1ccccc1. The predicted molar refractivity (Wildman–Crippen MR) is 74.1 cm³/mol. The minimum atomic E-state index is -0.283. The first-order chi connectivity index (χ1) is 9.83. The van der Waals surface area contributed by atoms with Crippen LogP contribution in [0.1, 0.15) is 10.4 Å². The zero-order valence-corrected chi connectivity index (χ0v) is 10.5. The fourth-order valence-electron chi connectivity index (χ4n) is 1.73. The van der Waals surface area contributed by atoms with Crippen molar-refractivity contribution in [2.45, 2.75) is 0 Å². The fraction of sp³-hybridized carbons (Fsp3) is 0. The molecule has 5 heteroatoms. The number of amides is 1. The van der Waals surface area contributed by atoms with Crippen molar-refractivity contribution in [2.75, 3.05) is 5.32 Å². The van der Waals surface area contributed by atoms with Crippen molar-refractivity contribution in [1.82, 2.24) is 10.2 Å². The molecule has 1 heterocycles. The van der Waals surface area contributed by atoms with Crippen molar-refractivity contribution in [1.29, 1.82) is 0 Å². The van der Waals surface area contributed by atoms with Gasteiger partial charge in [0.25, 0.3) is 5.91 Å². The van der Waals surface area contributed by atoms with E-state index >= 15 is 0 Å². The first kappa shape index (κ1) is 12.1. The van der Waals surface area contributed by atoms with Gasteiger partial charge in [0.1, 0.15) is 0 Å². The van der Waals surface area contributed by atoms with E-state index in [1.807, 2.05) is 36.4 Å². The van der Waals surface area contributed by atoms with Gasteiger partial charge in [-0.3, -0.25) is 10.1 Å². The molecular formula is C15H11N3O2. The van der Waals surface area contributed by atoms with Gasteiger partial charge in [0.15, 0.2) is 0 Å². The van der Waals surface area contributed by atoms with E-state index in [0.29, 0.717) is 11.5 Å². The van der Waals surface area contributed by atoms with Gasteiger partial charge in [0, 0.05) is 11.1 Å². The summed E-state index contributed by atoms with van der Waals surface area (Å²) in [5.74, 6) is 0.0859. The van der Waals surface area contributed by atoms with Crippen LogP contribution < -0.4 is 5.32 Å². The summed E-state index contributed by atoms with van der Waals surface area (Å²) >= 11 is 0. The Morgan fingerprint density at radius 2 is 1.55 bits per heavy atom. The Hall–Kier alpha value is -2.95. The zero-order valence-electron chi connectivity index (χ0n) is 10.5. The average Bonchev–Trinajstić information content (AvgIpc) is 2.97. The number of carbonyl (C=O) groups is 1. The van der Waals surface area contributed by atoms with Gasteiger partial charge in [0.2, 0.25) is 5.89 Å². The summed E-state index contributed by atoms with van der Waals surface area (Å²) in [5, 5.41) is 10.3. The topological polar surface area (TPSA) is 68.0 Å². The third-order valence-electron chi connectivity index (χ3n) is 2.70. The monoisotopic (exact) mass is 265 g/mol. The third-order valence-corrected chi connectivity index (χ3v) is 2.70. The summed E-state index contributed by atoms with van der Waals surface area (Å²) in [7, 11) is 0. The number of benzene rings is 2. The van der Waals surface area contributed by atoms with Gasteiger partial charge in [-0.15, -0.1) is 5.10 Å². The molecule has 5 nitrogen and oxygen atoms in total. The molecule has 0 saturated carbocycles. The highest BCUT2D eigenvalue weighted by Gasteiger charge is 2.11. The molecule has 1 amide bonds. The lowest BCUT2D eigenvalue weighted by atomic mass is 10.2. The van der Waals surface area contributed by atoms with Gasteiger partial charge in [0.05, 0.1) is 0 Å². The Balaban J connectivity index is 1.77. The summed E-state index contributed by atoms with van der Waals surface area (Å²) in [4.78, 5) is 11.9. The summed E-state index contributed by atoms with van der Waals surface area (Å²) in [6, 6.07) is 18.3. The van der Waals surface area contributed by atoms with Crippen molar-refractivity contribution < 1.29 is 9.21 Å². The molecule has 98 valence electrons. The van der Waals surface area contributed by atoms with Crippen LogP contribution in [0, 0.1) is 0 Å². The van der Waals surface area contributed by atoms with Gasteiger partial charge < -0.3 is 4.42 Å². The van der Waals surface area contributed by atoms with E-state index in [1.165, 1.54) is 0 Å². The molecule has 0 atom stereocenters. The van der Waals surface area contributed by atoms with Crippen LogP contribution in [0.2, 0.25) is 0 Å². The Morgan fingerprint density at radius 1 is 0.900 bits per heavy atom. The normalized spacial score (nSPS) is 10.2. The van der Waals surface area contributed by atoms with Crippen LogP contribution in [0.25, 0.3) is 11.5 Å². The van der Waals surface area contributed by atoms with E-state index in [0.717, 1.165) is 5.56 Å². The maximum absolute atomic E-state index is 11.9. The Labute approximate surface area is 115 Å². The van der Waals surface area contributed by atoms with Crippen molar-refractivity contribution in [3.8, 4) is 11.5 Å². The molecule has 3 aromatic rings. The molecule has 3 rings (SSSR count). The number of nitrogens with zero attached hydrogens (tertiary/aromatic N) is 2. The van der Waals surface area contributed by atoms with E-state index in [1.54, 1.807) is 24.3 Å². The summed E-state index contributed by atoms with van der Waals surface area (Å²) in [6.07, 6.45) is 0. The van der Waals surface area contributed by atoms with Gasteiger partial charge in [-0.25, -0.2) is 0 Å². The highest BCUT2D eigenvalue weighted by atomic mass is 16.4. The van der Waals surface area contributed by atoms with E-state index < -0.39 is 0 Å². The smallest absolute Gasteiger partial charge is 0.322 e. The molecule has 0 aliphatic carbocycles. The van der Waals surface area contributed by atoms with Crippen LogP contribution in [0.3, 0.4) is 0 Å².